The fourth-order valence-corrected chi connectivity index (χ4v) is 3.46. The van der Waals surface area contributed by atoms with E-state index in [9.17, 15) is 9.90 Å². The van der Waals surface area contributed by atoms with Crippen molar-refractivity contribution in [3.05, 3.63) is 64.5 Å². The number of benzene rings is 2. The van der Waals surface area contributed by atoms with Gasteiger partial charge in [0.15, 0.2) is 0 Å². The van der Waals surface area contributed by atoms with Crippen LogP contribution in [0.1, 0.15) is 21.8 Å². The van der Waals surface area contributed by atoms with Gasteiger partial charge in [0.05, 0.1) is 12.1 Å². The quantitative estimate of drug-likeness (QED) is 0.707. The maximum Gasteiger partial charge on any atom is 0.257 e. The highest BCUT2D eigenvalue weighted by Gasteiger charge is 2.25. The minimum atomic E-state index is -0.218. The number of halogens is 1. The van der Waals surface area contributed by atoms with E-state index in [1.807, 2.05) is 31.2 Å². The van der Waals surface area contributed by atoms with Gasteiger partial charge >= 0.3 is 0 Å². The zero-order valence-electron chi connectivity index (χ0n) is 16.0. The molecule has 1 aliphatic heterocycles. The van der Waals surface area contributed by atoms with Gasteiger partial charge in [-0.3, -0.25) is 9.69 Å². The molecule has 1 aliphatic rings. The van der Waals surface area contributed by atoms with Crippen LogP contribution >= 0.6 is 11.6 Å². The van der Waals surface area contributed by atoms with Crippen LogP contribution in [0.15, 0.2) is 47.0 Å². The molecular weight excluding hydrogens is 392 g/mol. The van der Waals surface area contributed by atoms with E-state index in [0.29, 0.717) is 49.5 Å². The highest BCUT2D eigenvalue weighted by molar-refractivity contribution is 6.31. The Hall–Kier alpha value is -2.90. The molecule has 1 aromatic heterocycles. The molecule has 8 heteroatoms. The highest BCUT2D eigenvalue weighted by atomic mass is 35.5. The van der Waals surface area contributed by atoms with Crippen LogP contribution in [0.25, 0.3) is 11.4 Å². The van der Waals surface area contributed by atoms with Gasteiger partial charge in [-0.1, -0.05) is 46.6 Å². The van der Waals surface area contributed by atoms with E-state index in [0.717, 1.165) is 5.56 Å². The molecule has 0 spiro atoms. The number of phenols is 1. The zero-order chi connectivity index (χ0) is 20.4. The first kappa shape index (κ1) is 19.4. The third-order valence-corrected chi connectivity index (χ3v) is 5.22. The lowest BCUT2D eigenvalue weighted by molar-refractivity contribution is 0.0612. The van der Waals surface area contributed by atoms with Crippen LogP contribution in [0.2, 0.25) is 5.02 Å². The van der Waals surface area contributed by atoms with Gasteiger partial charge < -0.3 is 14.5 Å². The largest absolute Gasteiger partial charge is 0.507 e. The number of aryl methyl sites for hydroxylation is 1. The molecule has 3 aromatic rings. The lowest BCUT2D eigenvalue weighted by atomic mass is 10.1. The number of hydrogen-bond donors (Lipinski definition) is 1. The van der Waals surface area contributed by atoms with E-state index in [1.165, 1.54) is 17.7 Å². The number of carbonyl (C=O) groups excluding carboxylic acids is 1. The minimum absolute atomic E-state index is 0.0590. The van der Waals surface area contributed by atoms with E-state index in [-0.39, 0.29) is 17.2 Å². The van der Waals surface area contributed by atoms with Gasteiger partial charge in [0.2, 0.25) is 11.7 Å². The highest BCUT2D eigenvalue weighted by Crippen LogP contribution is 2.24. The molecule has 0 saturated carbocycles. The summed E-state index contributed by atoms with van der Waals surface area (Å²) in [4.78, 5) is 21.0. The van der Waals surface area contributed by atoms with Crippen LogP contribution < -0.4 is 0 Å². The van der Waals surface area contributed by atoms with Crippen LogP contribution in [-0.2, 0) is 6.54 Å². The summed E-state index contributed by atoms with van der Waals surface area (Å²) in [5.74, 6) is 0.846. The minimum Gasteiger partial charge on any atom is -0.507 e. The molecule has 7 nitrogen and oxygen atoms in total. The Morgan fingerprint density at radius 3 is 2.59 bits per heavy atom. The van der Waals surface area contributed by atoms with E-state index in [2.05, 4.69) is 15.0 Å². The van der Waals surface area contributed by atoms with Crippen LogP contribution in [0.4, 0.5) is 0 Å². The summed E-state index contributed by atoms with van der Waals surface area (Å²) in [7, 11) is 0. The Kier molecular flexibility index (Phi) is 5.51. The topological polar surface area (TPSA) is 82.7 Å². The number of aromatic hydroxyl groups is 1. The molecule has 0 unspecified atom stereocenters. The number of rotatable bonds is 4. The van der Waals surface area contributed by atoms with Gasteiger partial charge in [-0.15, -0.1) is 0 Å². The second kappa shape index (κ2) is 8.23. The van der Waals surface area contributed by atoms with Crippen molar-refractivity contribution in [1.29, 1.82) is 0 Å². The Morgan fingerprint density at radius 2 is 1.86 bits per heavy atom. The van der Waals surface area contributed by atoms with E-state index in [1.54, 1.807) is 11.0 Å². The number of amides is 1. The smallest absolute Gasteiger partial charge is 0.257 e. The van der Waals surface area contributed by atoms with Crippen molar-refractivity contribution >= 4 is 17.5 Å². The fraction of sp³-hybridized carbons (Fsp3) is 0.286. The number of piperazine rings is 1. The molecular formula is C21H21ClN4O3. The lowest BCUT2D eigenvalue weighted by Crippen LogP contribution is -2.48. The molecule has 0 radical (unpaired) electrons. The Morgan fingerprint density at radius 1 is 1.14 bits per heavy atom. The van der Waals surface area contributed by atoms with Crippen molar-refractivity contribution in [1.82, 2.24) is 19.9 Å². The fourth-order valence-electron chi connectivity index (χ4n) is 3.29. The van der Waals surface area contributed by atoms with Gasteiger partial charge in [0.25, 0.3) is 5.91 Å². The first-order chi connectivity index (χ1) is 14.0. The number of nitrogens with zero attached hydrogens (tertiary/aromatic N) is 4. The summed E-state index contributed by atoms with van der Waals surface area (Å²) >= 11 is 5.95. The second-order valence-corrected chi connectivity index (χ2v) is 7.54. The SMILES string of the molecule is Cc1ccc(-c2noc(CN3CCN(C(=O)c4cc(Cl)ccc4O)CC3)n2)cc1. The third kappa shape index (κ3) is 4.41. The maximum absolute atomic E-state index is 12.7. The van der Waals surface area contributed by atoms with Crippen molar-refractivity contribution in [3.63, 3.8) is 0 Å². The molecule has 0 bridgehead atoms. The predicted molar refractivity (Wildman–Crippen MR) is 109 cm³/mol. The Balaban J connectivity index is 1.35. The van der Waals surface area contributed by atoms with Crippen molar-refractivity contribution in [2.24, 2.45) is 0 Å². The van der Waals surface area contributed by atoms with Crippen LogP contribution in [-0.4, -0.2) is 57.1 Å². The number of aromatic nitrogens is 2. The number of hydrogen-bond acceptors (Lipinski definition) is 6. The summed E-state index contributed by atoms with van der Waals surface area (Å²) in [6.45, 7) is 5.00. The molecule has 1 amide bonds. The molecule has 150 valence electrons. The average Bonchev–Trinajstić information content (AvgIpc) is 3.19. The summed E-state index contributed by atoms with van der Waals surface area (Å²) in [6.07, 6.45) is 0. The van der Waals surface area contributed by atoms with E-state index >= 15 is 0 Å². The summed E-state index contributed by atoms with van der Waals surface area (Å²) < 4.78 is 5.39. The van der Waals surface area contributed by atoms with E-state index in [4.69, 9.17) is 16.1 Å². The van der Waals surface area contributed by atoms with Crippen molar-refractivity contribution in [2.45, 2.75) is 13.5 Å². The molecule has 1 N–H and O–H groups in total. The molecule has 0 atom stereocenters. The number of phenolic OH excluding ortho intramolecular Hbond substituents is 1. The molecule has 2 aromatic carbocycles. The lowest BCUT2D eigenvalue weighted by Gasteiger charge is -2.34. The van der Waals surface area contributed by atoms with Crippen LogP contribution in [0, 0.1) is 6.92 Å². The van der Waals surface area contributed by atoms with Crippen molar-refractivity contribution in [2.75, 3.05) is 26.2 Å². The Labute approximate surface area is 173 Å². The zero-order valence-corrected chi connectivity index (χ0v) is 16.8. The van der Waals surface area contributed by atoms with Crippen molar-refractivity contribution in [3.8, 4) is 17.1 Å². The molecule has 1 saturated heterocycles. The second-order valence-electron chi connectivity index (χ2n) is 7.11. The van der Waals surface area contributed by atoms with Gasteiger partial charge in [-0.2, -0.15) is 4.98 Å². The summed E-state index contributed by atoms with van der Waals surface area (Å²) in [5, 5.41) is 14.4. The molecule has 2 heterocycles. The average molecular weight is 413 g/mol. The number of carbonyl (C=O) groups is 1. The molecule has 4 rings (SSSR count). The van der Waals surface area contributed by atoms with E-state index < -0.39 is 0 Å². The van der Waals surface area contributed by atoms with Crippen LogP contribution in [0.5, 0.6) is 5.75 Å². The monoisotopic (exact) mass is 412 g/mol. The summed E-state index contributed by atoms with van der Waals surface area (Å²) in [5.41, 5.74) is 2.32. The third-order valence-electron chi connectivity index (χ3n) is 4.99. The standard InChI is InChI=1S/C21H21ClN4O3/c1-14-2-4-15(5-3-14)20-23-19(29-24-20)13-25-8-10-26(11-9-25)21(28)17-12-16(22)6-7-18(17)27/h2-7,12,27H,8-11,13H2,1H3. The maximum atomic E-state index is 12.7. The normalized spacial score (nSPS) is 14.9. The Bertz CT molecular complexity index is 1010. The predicted octanol–water partition coefficient (Wildman–Crippen LogP) is 3.36. The van der Waals surface area contributed by atoms with Gasteiger partial charge in [0.1, 0.15) is 5.75 Å². The van der Waals surface area contributed by atoms with Crippen LogP contribution in [0.3, 0.4) is 0 Å². The molecule has 1 fully saturated rings. The van der Waals surface area contributed by atoms with Crippen molar-refractivity contribution < 1.29 is 14.4 Å². The van der Waals surface area contributed by atoms with Gasteiger partial charge in [0, 0.05) is 36.8 Å². The first-order valence-electron chi connectivity index (χ1n) is 9.39. The molecule has 29 heavy (non-hydrogen) atoms. The molecule has 0 aliphatic carbocycles. The summed E-state index contributed by atoms with van der Waals surface area (Å²) in [6, 6.07) is 12.5. The van der Waals surface area contributed by atoms with Gasteiger partial charge in [-0.05, 0) is 25.1 Å². The first-order valence-corrected chi connectivity index (χ1v) is 9.77. The van der Waals surface area contributed by atoms with Gasteiger partial charge in [-0.25, -0.2) is 0 Å².